The molecule has 0 amide bonds. The summed E-state index contributed by atoms with van der Waals surface area (Å²) in [5.74, 6) is 0.558. The van der Waals surface area contributed by atoms with Gasteiger partial charge in [-0.2, -0.15) is 0 Å². The summed E-state index contributed by atoms with van der Waals surface area (Å²) in [6.45, 7) is 1.73. The molecule has 1 fully saturated rings. The number of aromatic nitrogens is 2. The van der Waals surface area contributed by atoms with Gasteiger partial charge in [0.05, 0.1) is 17.1 Å². The first-order chi connectivity index (χ1) is 8.16. The van der Waals surface area contributed by atoms with Crippen molar-refractivity contribution >= 4 is 11.0 Å². The van der Waals surface area contributed by atoms with Gasteiger partial charge in [0.1, 0.15) is 24.1 Å². The summed E-state index contributed by atoms with van der Waals surface area (Å²) in [5, 5.41) is 19.5. The zero-order chi connectivity index (χ0) is 12.0. The van der Waals surface area contributed by atoms with E-state index in [1.165, 1.54) is 0 Å². The van der Waals surface area contributed by atoms with Crippen LogP contribution in [-0.4, -0.2) is 38.5 Å². The molecule has 0 radical (unpaired) electrons. The lowest BCUT2D eigenvalue weighted by Crippen LogP contribution is -2.28. The second kappa shape index (κ2) is 3.80. The molecular weight excluding hydrogens is 220 g/mol. The van der Waals surface area contributed by atoms with Gasteiger partial charge in [-0.3, -0.25) is 0 Å². The van der Waals surface area contributed by atoms with Crippen LogP contribution in [0.3, 0.4) is 0 Å². The molecule has 1 aromatic carbocycles. The molecule has 5 heteroatoms. The van der Waals surface area contributed by atoms with E-state index in [4.69, 9.17) is 4.74 Å². The second-order valence-electron chi connectivity index (χ2n) is 4.38. The number of fused-ring (bicyclic) bond motifs is 1. The van der Waals surface area contributed by atoms with Gasteiger partial charge in [-0.05, 0) is 19.1 Å². The van der Waals surface area contributed by atoms with E-state index in [2.05, 4.69) is 9.97 Å². The van der Waals surface area contributed by atoms with E-state index >= 15 is 0 Å². The lowest BCUT2D eigenvalue weighted by molar-refractivity contribution is 0.0103. The highest BCUT2D eigenvalue weighted by atomic mass is 16.5. The number of nitrogens with zero attached hydrogens (tertiary/aromatic N) is 1. The van der Waals surface area contributed by atoms with E-state index in [-0.39, 0.29) is 6.10 Å². The van der Waals surface area contributed by atoms with E-state index < -0.39 is 18.3 Å². The number of ether oxygens (including phenoxy) is 1. The van der Waals surface area contributed by atoms with Gasteiger partial charge < -0.3 is 19.9 Å². The molecule has 1 saturated heterocycles. The minimum atomic E-state index is -0.939. The van der Waals surface area contributed by atoms with Crippen LogP contribution >= 0.6 is 0 Å². The molecule has 90 valence electrons. The molecular formula is C12H14N2O3. The SMILES string of the molecule is C[C@H]1OC(c2nc3ccccc3[nH]2)[C@H](O)[C@@H]1O. The molecule has 0 saturated carbocycles. The molecule has 0 aliphatic carbocycles. The number of aliphatic hydroxyl groups is 2. The molecule has 2 aromatic rings. The molecule has 4 atom stereocenters. The van der Waals surface area contributed by atoms with Gasteiger partial charge in [-0.1, -0.05) is 12.1 Å². The molecule has 1 aliphatic heterocycles. The zero-order valence-corrected chi connectivity index (χ0v) is 9.37. The van der Waals surface area contributed by atoms with Crippen LogP contribution in [0.5, 0.6) is 0 Å². The Labute approximate surface area is 98.1 Å². The van der Waals surface area contributed by atoms with Crippen LogP contribution in [0.15, 0.2) is 24.3 Å². The molecule has 0 spiro atoms. The van der Waals surface area contributed by atoms with Gasteiger partial charge in [0, 0.05) is 0 Å². The smallest absolute Gasteiger partial charge is 0.144 e. The largest absolute Gasteiger partial charge is 0.388 e. The summed E-state index contributed by atoms with van der Waals surface area (Å²) in [6, 6.07) is 7.60. The first-order valence-electron chi connectivity index (χ1n) is 5.63. The zero-order valence-electron chi connectivity index (χ0n) is 9.37. The van der Waals surface area contributed by atoms with Crippen molar-refractivity contribution in [3.05, 3.63) is 30.1 Å². The van der Waals surface area contributed by atoms with Crippen LogP contribution in [0, 0.1) is 0 Å². The number of hydrogen-bond acceptors (Lipinski definition) is 4. The van der Waals surface area contributed by atoms with E-state index in [0.717, 1.165) is 11.0 Å². The van der Waals surface area contributed by atoms with Crippen LogP contribution in [-0.2, 0) is 4.74 Å². The molecule has 1 aromatic heterocycles. The monoisotopic (exact) mass is 234 g/mol. The van der Waals surface area contributed by atoms with Gasteiger partial charge >= 0.3 is 0 Å². The van der Waals surface area contributed by atoms with Crippen LogP contribution in [0.25, 0.3) is 11.0 Å². The molecule has 1 aliphatic rings. The van der Waals surface area contributed by atoms with E-state index in [1.54, 1.807) is 6.92 Å². The number of aliphatic hydroxyl groups excluding tert-OH is 2. The number of nitrogens with one attached hydrogen (secondary N) is 1. The van der Waals surface area contributed by atoms with Gasteiger partial charge in [0.2, 0.25) is 0 Å². The highest BCUT2D eigenvalue weighted by Gasteiger charge is 2.42. The number of aromatic amines is 1. The summed E-state index contributed by atoms with van der Waals surface area (Å²) >= 11 is 0. The van der Waals surface area contributed by atoms with Crippen LogP contribution in [0.1, 0.15) is 18.9 Å². The lowest BCUT2D eigenvalue weighted by atomic mass is 10.1. The van der Waals surface area contributed by atoms with Gasteiger partial charge in [0.25, 0.3) is 0 Å². The Balaban J connectivity index is 1.99. The number of rotatable bonds is 1. The summed E-state index contributed by atoms with van der Waals surface area (Å²) in [6.07, 6.45) is -2.78. The lowest BCUT2D eigenvalue weighted by Gasteiger charge is -2.11. The Morgan fingerprint density at radius 2 is 2.00 bits per heavy atom. The fourth-order valence-electron chi connectivity index (χ4n) is 2.18. The molecule has 3 N–H and O–H groups in total. The maximum absolute atomic E-state index is 9.87. The minimum absolute atomic E-state index is 0.386. The average molecular weight is 234 g/mol. The topological polar surface area (TPSA) is 78.4 Å². The van der Waals surface area contributed by atoms with E-state index in [0.29, 0.717) is 5.82 Å². The van der Waals surface area contributed by atoms with E-state index in [9.17, 15) is 10.2 Å². The van der Waals surface area contributed by atoms with Crippen molar-refractivity contribution in [3.63, 3.8) is 0 Å². The number of H-pyrrole nitrogens is 1. The standard InChI is InChI=1S/C12H14N2O3/c1-6-9(15)10(16)11(17-6)12-13-7-4-2-3-5-8(7)14-12/h2-6,9-11,15-16H,1H3,(H,13,14)/t6-,9-,10-,11?/m1/s1. The van der Waals surface area contributed by atoms with Crippen molar-refractivity contribution in [1.29, 1.82) is 0 Å². The molecule has 1 unspecified atom stereocenters. The van der Waals surface area contributed by atoms with Crippen molar-refractivity contribution in [1.82, 2.24) is 9.97 Å². The molecule has 3 rings (SSSR count). The van der Waals surface area contributed by atoms with Crippen molar-refractivity contribution in [2.24, 2.45) is 0 Å². The average Bonchev–Trinajstić information content (AvgIpc) is 2.86. The Morgan fingerprint density at radius 1 is 1.24 bits per heavy atom. The summed E-state index contributed by atoms with van der Waals surface area (Å²) in [5.41, 5.74) is 1.72. The summed E-state index contributed by atoms with van der Waals surface area (Å²) in [4.78, 5) is 7.46. The normalized spacial score (nSPS) is 33.4. The molecule has 0 bridgehead atoms. The number of para-hydroxylation sites is 2. The van der Waals surface area contributed by atoms with Gasteiger partial charge in [-0.25, -0.2) is 4.98 Å². The fourth-order valence-corrected chi connectivity index (χ4v) is 2.18. The van der Waals surface area contributed by atoms with E-state index in [1.807, 2.05) is 24.3 Å². The minimum Gasteiger partial charge on any atom is -0.388 e. The summed E-state index contributed by atoms with van der Waals surface area (Å²) < 4.78 is 5.51. The number of hydrogen-bond donors (Lipinski definition) is 3. The number of benzene rings is 1. The maximum Gasteiger partial charge on any atom is 0.144 e. The Kier molecular flexibility index (Phi) is 2.39. The Hall–Kier alpha value is -1.43. The van der Waals surface area contributed by atoms with Gasteiger partial charge in [-0.15, -0.1) is 0 Å². The highest BCUT2D eigenvalue weighted by Crippen LogP contribution is 2.32. The van der Waals surface area contributed by atoms with Crippen molar-refractivity contribution in [3.8, 4) is 0 Å². The maximum atomic E-state index is 9.87. The first-order valence-corrected chi connectivity index (χ1v) is 5.63. The predicted molar refractivity (Wildman–Crippen MR) is 61.4 cm³/mol. The number of imidazole rings is 1. The molecule has 17 heavy (non-hydrogen) atoms. The Bertz CT molecular complexity index is 506. The first kappa shape index (κ1) is 10.7. The predicted octanol–water partition coefficient (Wildman–Crippen LogP) is 0.744. The quantitative estimate of drug-likeness (QED) is 0.680. The summed E-state index contributed by atoms with van der Waals surface area (Å²) in [7, 11) is 0. The van der Waals surface area contributed by atoms with Crippen LogP contribution in [0.4, 0.5) is 0 Å². The Morgan fingerprint density at radius 3 is 2.65 bits per heavy atom. The van der Waals surface area contributed by atoms with Gasteiger partial charge in [0.15, 0.2) is 0 Å². The molecule has 2 heterocycles. The van der Waals surface area contributed by atoms with Crippen LogP contribution < -0.4 is 0 Å². The fraction of sp³-hybridized carbons (Fsp3) is 0.417. The second-order valence-corrected chi connectivity index (χ2v) is 4.38. The van der Waals surface area contributed by atoms with Crippen LogP contribution in [0.2, 0.25) is 0 Å². The molecule has 5 nitrogen and oxygen atoms in total. The third kappa shape index (κ3) is 1.63. The van der Waals surface area contributed by atoms with Crippen molar-refractivity contribution in [2.45, 2.75) is 31.3 Å². The third-order valence-corrected chi connectivity index (χ3v) is 3.18. The highest BCUT2D eigenvalue weighted by molar-refractivity contribution is 5.74. The van der Waals surface area contributed by atoms with Crippen molar-refractivity contribution < 1.29 is 14.9 Å². The third-order valence-electron chi connectivity index (χ3n) is 3.18. The van der Waals surface area contributed by atoms with Crippen molar-refractivity contribution in [2.75, 3.05) is 0 Å².